The molecule has 1 atom stereocenters. The Labute approximate surface area is 134 Å². The summed E-state index contributed by atoms with van der Waals surface area (Å²) in [6.07, 6.45) is 0.544. The highest BCUT2D eigenvalue weighted by molar-refractivity contribution is 7.07. The standard InChI is InChI=1S/C15H13F3N2O2S/c1-8(4-9-2-3-23-7-9)19-14(21)15(22)20-10-5-11(16)13(18)12(17)6-10/h2-3,5-8H,4H2,1H3,(H,19,21)(H,20,22)/t8-/m1/s1. The predicted molar refractivity (Wildman–Crippen MR) is 80.6 cm³/mol. The molecule has 1 aromatic heterocycles. The number of carbonyl (C=O) groups excluding carboxylic acids is 2. The molecule has 8 heteroatoms. The van der Waals surface area contributed by atoms with E-state index in [-0.39, 0.29) is 11.7 Å². The number of thiophene rings is 1. The molecule has 1 aromatic carbocycles. The van der Waals surface area contributed by atoms with Crippen LogP contribution >= 0.6 is 11.3 Å². The van der Waals surface area contributed by atoms with Crippen LogP contribution in [0.3, 0.4) is 0 Å². The van der Waals surface area contributed by atoms with Crippen molar-refractivity contribution in [1.82, 2.24) is 5.32 Å². The maximum atomic E-state index is 13.0. The van der Waals surface area contributed by atoms with Crippen LogP contribution in [-0.2, 0) is 16.0 Å². The normalized spacial score (nSPS) is 11.8. The molecular formula is C15H13F3N2O2S. The van der Waals surface area contributed by atoms with Gasteiger partial charge in [0, 0.05) is 23.9 Å². The highest BCUT2D eigenvalue weighted by Gasteiger charge is 2.18. The van der Waals surface area contributed by atoms with E-state index in [0.717, 1.165) is 5.56 Å². The number of carbonyl (C=O) groups is 2. The van der Waals surface area contributed by atoms with Crippen LogP contribution in [0, 0.1) is 17.5 Å². The lowest BCUT2D eigenvalue weighted by Crippen LogP contribution is -2.41. The first-order valence-electron chi connectivity index (χ1n) is 6.64. The molecule has 0 saturated heterocycles. The van der Waals surface area contributed by atoms with E-state index in [1.807, 2.05) is 22.1 Å². The number of hydrogen-bond donors (Lipinski definition) is 2. The fourth-order valence-corrected chi connectivity index (χ4v) is 2.60. The Hall–Kier alpha value is -2.35. The summed E-state index contributed by atoms with van der Waals surface area (Å²) in [4.78, 5) is 23.4. The van der Waals surface area contributed by atoms with Crippen molar-refractivity contribution in [1.29, 1.82) is 0 Å². The minimum atomic E-state index is -1.64. The van der Waals surface area contributed by atoms with Crippen LogP contribution in [0.4, 0.5) is 18.9 Å². The van der Waals surface area contributed by atoms with Gasteiger partial charge in [-0.1, -0.05) is 0 Å². The average Bonchev–Trinajstić information content (AvgIpc) is 2.97. The highest BCUT2D eigenvalue weighted by Crippen LogP contribution is 2.17. The smallest absolute Gasteiger partial charge is 0.313 e. The summed E-state index contributed by atoms with van der Waals surface area (Å²) >= 11 is 1.52. The van der Waals surface area contributed by atoms with Crippen LogP contribution in [0.25, 0.3) is 0 Å². The summed E-state index contributed by atoms with van der Waals surface area (Å²) in [7, 11) is 0. The zero-order chi connectivity index (χ0) is 17.0. The van der Waals surface area contributed by atoms with Gasteiger partial charge in [0.1, 0.15) is 0 Å². The van der Waals surface area contributed by atoms with E-state index < -0.39 is 29.3 Å². The van der Waals surface area contributed by atoms with Crippen molar-refractivity contribution in [2.24, 2.45) is 0 Å². The molecule has 0 spiro atoms. The predicted octanol–water partition coefficient (Wildman–Crippen LogP) is 2.85. The molecule has 0 radical (unpaired) electrons. The Kier molecular flexibility index (Phi) is 5.38. The monoisotopic (exact) mass is 342 g/mol. The number of anilines is 1. The first kappa shape index (κ1) is 17.0. The van der Waals surface area contributed by atoms with Gasteiger partial charge in [0.05, 0.1) is 0 Å². The molecule has 0 bridgehead atoms. The maximum absolute atomic E-state index is 13.0. The van der Waals surface area contributed by atoms with Crippen LogP contribution in [0.2, 0.25) is 0 Å². The molecular weight excluding hydrogens is 329 g/mol. The van der Waals surface area contributed by atoms with Crippen molar-refractivity contribution in [3.63, 3.8) is 0 Å². The Morgan fingerprint density at radius 2 is 1.83 bits per heavy atom. The second-order valence-electron chi connectivity index (χ2n) is 4.92. The van der Waals surface area contributed by atoms with Gasteiger partial charge in [-0.25, -0.2) is 13.2 Å². The van der Waals surface area contributed by atoms with E-state index in [0.29, 0.717) is 18.6 Å². The summed E-state index contributed by atoms with van der Waals surface area (Å²) in [6.45, 7) is 1.72. The molecule has 1 heterocycles. The van der Waals surface area contributed by atoms with Crippen molar-refractivity contribution >= 4 is 28.8 Å². The molecule has 0 saturated carbocycles. The van der Waals surface area contributed by atoms with Crippen LogP contribution in [0.1, 0.15) is 12.5 Å². The van der Waals surface area contributed by atoms with Crippen molar-refractivity contribution in [2.45, 2.75) is 19.4 Å². The average molecular weight is 342 g/mol. The molecule has 0 fully saturated rings. The van der Waals surface area contributed by atoms with Gasteiger partial charge >= 0.3 is 11.8 Å². The van der Waals surface area contributed by atoms with Crippen molar-refractivity contribution in [3.05, 3.63) is 52.0 Å². The van der Waals surface area contributed by atoms with Crippen molar-refractivity contribution in [3.8, 4) is 0 Å². The molecule has 2 amide bonds. The molecule has 2 N–H and O–H groups in total. The lowest BCUT2D eigenvalue weighted by Gasteiger charge is -2.13. The molecule has 0 aliphatic rings. The number of amides is 2. The minimum Gasteiger partial charge on any atom is -0.345 e. The summed E-state index contributed by atoms with van der Waals surface area (Å²) < 4.78 is 38.9. The third-order valence-electron chi connectivity index (χ3n) is 2.95. The second-order valence-corrected chi connectivity index (χ2v) is 5.70. The second kappa shape index (κ2) is 7.28. The number of rotatable bonds is 4. The van der Waals surface area contributed by atoms with E-state index >= 15 is 0 Å². The molecule has 0 unspecified atom stereocenters. The fourth-order valence-electron chi connectivity index (χ4n) is 1.92. The van der Waals surface area contributed by atoms with E-state index in [2.05, 4.69) is 5.32 Å². The van der Waals surface area contributed by atoms with Crippen molar-refractivity contribution < 1.29 is 22.8 Å². The summed E-state index contributed by atoms with van der Waals surface area (Å²) in [6, 6.07) is 2.79. The van der Waals surface area contributed by atoms with Crippen LogP contribution < -0.4 is 10.6 Å². The molecule has 0 aliphatic heterocycles. The fraction of sp³-hybridized carbons (Fsp3) is 0.200. The van der Waals surface area contributed by atoms with Gasteiger partial charge in [-0.05, 0) is 35.7 Å². The lowest BCUT2D eigenvalue weighted by molar-refractivity contribution is -0.136. The summed E-state index contributed by atoms with van der Waals surface area (Å²) in [5, 5.41) is 8.31. The highest BCUT2D eigenvalue weighted by atomic mass is 32.1. The van der Waals surface area contributed by atoms with E-state index in [1.54, 1.807) is 6.92 Å². The van der Waals surface area contributed by atoms with Gasteiger partial charge < -0.3 is 10.6 Å². The summed E-state index contributed by atoms with van der Waals surface area (Å²) in [5.74, 6) is -6.58. The van der Waals surface area contributed by atoms with Gasteiger partial charge in [-0.3, -0.25) is 9.59 Å². The van der Waals surface area contributed by atoms with Gasteiger partial charge in [0.15, 0.2) is 17.5 Å². The number of nitrogens with one attached hydrogen (secondary N) is 2. The van der Waals surface area contributed by atoms with Gasteiger partial charge in [0.25, 0.3) is 0 Å². The largest absolute Gasteiger partial charge is 0.345 e. The molecule has 122 valence electrons. The molecule has 23 heavy (non-hydrogen) atoms. The van der Waals surface area contributed by atoms with Crippen molar-refractivity contribution in [2.75, 3.05) is 5.32 Å². The van der Waals surface area contributed by atoms with Gasteiger partial charge in [0.2, 0.25) is 0 Å². The Balaban J connectivity index is 1.93. The first-order valence-corrected chi connectivity index (χ1v) is 7.58. The summed E-state index contributed by atoms with van der Waals surface area (Å²) in [5.41, 5.74) is 0.679. The third kappa shape index (κ3) is 4.56. The Morgan fingerprint density at radius 1 is 1.17 bits per heavy atom. The zero-order valence-electron chi connectivity index (χ0n) is 12.0. The number of hydrogen-bond acceptors (Lipinski definition) is 3. The Bertz CT molecular complexity index is 697. The number of halogens is 3. The lowest BCUT2D eigenvalue weighted by atomic mass is 10.1. The molecule has 2 rings (SSSR count). The van der Waals surface area contributed by atoms with Crippen LogP contribution in [0.5, 0.6) is 0 Å². The Morgan fingerprint density at radius 3 is 2.39 bits per heavy atom. The zero-order valence-corrected chi connectivity index (χ0v) is 12.8. The van der Waals surface area contributed by atoms with E-state index in [4.69, 9.17) is 0 Å². The van der Waals surface area contributed by atoms with Gasteiger partial charge in [-0.2, -0.15) is 11.3 Å². The quantitative estimate of drug-likeness (QED) is 0.663. The van der Waals surface area contributed by atoms with Crippen LogP contribution in [-0.4, -0.2) is 17.9 Å². The van der Waals surface area contributed by atoms with Crippen LogP contribution in [0.15, 0.2) is 29.0 Å². The minimum absolute atomic E-state index is 0.301. The van der Waals surface area contributed by atoms with E-state index in [1.165, 1.54) is 11.3 Å². The van der Waals surface area contributed by atoms with Gasteiger partial charge in [-0.15, -0.1) is 0 Å². The SMILES string of the molecule is C[C@H](Cc1ccsc1)NC(=O)C(=O)Nc1cc(F)c(F)c(F)c1. The third-order valence-corrected chi connectivity index (χ3v) is 3.68. The topological polar surface area (TPSA) is 58.2 Å². The molecule has 0 aliphatic carbocycles. The first-order chi connectivity index (χ1) is 10.9. The maximum Gasteiger partial charge on any atom is 0.313 e. The number of benzene rings is 1. The molecule has 4 nitrogen and oxygen atoms in total. The molecule has 2 aromatic rings. The van der Waals surface area contributed by atoms with E-state index in [9.17, 15) is 22.8 Å².